The molecule has 3 rings (SSSR count). The first-order valence-electron chi connectivity index (χ1n) is 8.06. The summed E-state index contributed by atoms with van der Waals surface area (Å²) in [6, 6.07) is 5.78. The minimum atomic E-state index is -0.532. The van der Waals surface area contributed by atoms with Crippen molar-refractivity contribution in [3.05, 3.63) is 29.3 Å². The van der Waals surface area contributed by atoms with E-state index in [0.29, 0.717) is 18.7 Å². The van der Waals surface area contributed by atoms with E-state index in [1.807, 2.05) is 45.9 Å². The molecule has 2 heterocycles. The zero-order chi connectivity index (χ0) is 17.0. The molecule has 5 nitrogen and oxygen atoms in total. The molecule has 23 heavy (non-hydrogen) atoms. The van der Waals surface area contributed by atoms with Gasteiger partial charge >= 0.3 is 7.12 Å². The molecule has 1 fully saturated rings. The SMILES string of the molecule is CC(O)CN1Cc2ccc(B3OC(C)(C)C(C)(C)O3)cc2C1=O. The Labute approximate surface area is 137 Å². The van der Waals surface area contributed by atoms with E-state index < -0.39 is 24.4 Å². The van der Waals surface area contributed by atoms with Gasteiger partial charge in [-0.2, -0.15) is 0 Å². The standard InChI is InChI=1S/C17H24BNO4/c1-11(20)9-19-10-12-6-7-13(8-14(12)15(19)21)18-22-16(2,3)17(4,5)23-18/h6-8,11,20H,9-10H2,1-5H3. The van der Waals surface area contributed by atoms with E-state index in [1.54, 1.807) is 11.8 Å². The summed E-state index contributed by atoms with van der Waals surface area (Å²) in [5.41, 5.74) is 1.71. The number of aliphatic hydroxyl groups is 1. The summed E-state index contributed by atoms with van der Waals surface area (Å²) in [5, 5.41) is 9.52. The van der Waals surface area contributed by atoms with E-state index in [2.05, 4.69) is 0 Å². The van der Waals surface area contributed by atoms with Gasteiger partial charge in [0.2, 0.25) is 0 Å². The molecule has 1 saturated heterocycles. The summed E-state index contributed by atoms with van der Waals surface area (Å²) in [7, 11) is -0.469. The molecule has 1 aromatic rings. The number of carbonyl (C=O) groups is 1. The highest BCUT2D eigenvalue weighted by atomic mass is 16.7. The molecule has 1 N–H and O–H groups in total. The molecule has 6 heteroatoms. The Morgan fingerprint density at radius 2 is 1.87 bits per heavy atom. The van der Waals surface area contributed by atoms with Crippen LogP contribution in [0.15, 0.2) is 18.2 Å². The first kappa shape index (κ1) is 16.5. The highest BCUT2D eigenvalue weighted by molar-refractivity contribution is 6.62. The van der Waals surface area contributed by atoms with Crippen molar-refractivity contribution < 1.29 is 19.2 Å². The molecule has 1 aromatic carbocycles. The maximum atomic E-state index is 12.5. The molecule has 1 amide bonds. The Morgan fingerprint density at radius 3 is 2.43 bits per heavy atom. The number of benzene rings is 1. The second-order valence-electron chi connectivity index (χ2n) is 7.54. The second-order valence-corrected chi connectivity index (χ2v) is 7.54. The van der Waals surface area contributed by atoms with Gasteiger partial charge in [-0.3, -0.25) is 4.79 Å². The highest BCUT2D eigenvalue weighted by Crippen LogP contribution is 2.36. The number of nitrogens with zero attached hydrogens (tertiary/aromatic N) is 1. The van der Waals surface area contributed by atoms with Crippen molar-refractivity contribution >= 4 is 18.5 Å². The molecule has 0 bridgehead atoms. The van der Waals surface area contributed by atoms with Crippen LogP contribution in [0.5, 0.6) is 0 Å². The van der Waals surface area contributed by atoms with Crippen LogP contribution < -0.4 is 5.46 Å². The van der Waals surface area contributed by atoms with Crippen LogP contribution in [0.4, 0.5) is 0 Å². The van der Waals surface area contributed by atoms with Gasteiger partial charge < -0.3 is 19.3 Å². The number of fused-ring (bicyclic) bond motifs is 1. The predicted octanol–water partition coefficient (Wildman–Crippen LogP) is 1.32. The third-order valence-corrected chi connectivity index (χ3v) is 5.02. The number of carbonyl (C=O) groups excluding carboxylic acids is 1. The molecule has 0 aliphatic carbocycles. The van der Waals surface area contributed by atoms with Crippen LogP contribution in [0.3, 0.4) is 0 Å². The summed E-state index contributed by atoms with van der Waals surface area (Å²) >= 11 is 0. The van der Waals surface area contributed by atoms with Crippen LogP contribution >= 0.6 is 0 Å². The number of rotatable bonds is 3. The molecular formula is C17H24BNO4. The average Bonchev–Trinajstić information content (AvgIpc) is 2.84. The van der Waals surface area contributed by atoms with Crippen molar-refractivity contribution in [3.63, 3.8) is 0 Å². The van der Waals surface area contributed by atoms with Gasteiger partial charge in [-0.05, 0) is 51.7 Å². The molecule has 0 radical (unpaired) electrons. The first-order valence-corrected chi connectivity index (χ1v) is 8.06. The summed E-state index contributed by atoms with van der Waals surface area (Å²) in [6.45, 7) is 10.6. The quantitative estimate of drug-likeness (QED) is 0.855. The summed E-state index contributed by atoms with van der Waals surface area (Å²) in [5.74, 6) is -0.0423. The fourth-order valence-electron chi connectivity index (χ4n) is 2.97. The van der Waals surface area contributed by atoms with Crippen LogP contribution in [-0.2, 0) is 15.9 Å². The van der Waals surface area contributed by atoms with Gasteiger partial charge in [0, 0.05) is 18.7 Å². The van der Waals surface area contributed by atoms with Crippen molar-refractivity contribution in [2.75, 3.05) is 6.54 Å². The second kappa shape index (κ2) is 5.33. The molecule has 1 atom stereocenters. The van der Waals surface area contributed by atoms with Crippen molar-refractivity contribution in [2.45, 2.75) is 58.5 Å². The Hall–Kier alpha value is -1.37. The van der Waals surface area contributed by atoms with Crippen LogP contribution in [0, 0.1) is 0 Å². The van der Waals surface area contributed by atoms with E-state index in [-0.39, 0.29) is 5.91 Å². The molecule has 2 aliphatic rings. The van der Waals surface area contributed by atoms with Crippen molar-refractivity contribution in [2.24, 2.45) is 0 Å². The lowest BCUT2D eigenvalue weighted by atomic mass is 9.78. The fraction of sp³-hybridized carbons (Fsp3) is 0.588. The smallest absolute Gasteiger partial charge is 0.399 e. The maximum absolute atomic E-state index is 12.5. The minimum Gasteiger partial charge on any atom is -0.399 e. The average molecular weight is 317 g/mol. The summed E-state index contributed by atoms with van der Waals surface area (Å²) in [4.78, 5) is 14.2. The molecule has 1 unspecified atom stereocenters. The van der Waals surface area contributed by atoms with Crippen molar-refractivity contribution in [3.8, 4) is 0 Å². The molecule has 124 valence electrons. The van der Waals surface area contributed by atoms with E-state index in [1.165, 1.54) is 0 Å². The lowest BCUT2D eigenvalue weighted by molar-refractivity contribution is 0.00578. The Kier molecular flexibility index (Phi) is 3.82. The third-order valence-electron chi connectivity index (χ3n) is 5.02. The Bertz CT molecular complexity index is 625. The largest absolute Gasteiger partial charge is 0.494 e. The van der Waals surface area contributed by atoms with Crippen molar-refractivity contribution in [1.82, 2.24) is 4.90 Å². The van der Waals surface area contributed by atoms with E-state index >= 15 is 0 Å². The lowest BCUT2D eigenvalue weighted by Crippen LogP contribution is -2.41. The minimum absolute atomic E-state index is 0.0423. The summed E-state index contributed by atoms with van der Waals surface area (Å²) < 4.78 is 12.1. The topological polar surface area (TPSA) is 59.0 Å². The molecule has 0 saturated carbocycles. The number of hydrogen-bond donors (Lipinski definition) is 1. The van der Waals surface area contributed by atoms with Gasteiger partial charge in [-0.15, -0.1) is 0 Å². The van der Waals surface area contributed by atoms with E-state index in [9.17, 15) is 9.90 Å². The van der Waals surface area contributed by atoms with Gasteiger partial charge in [0.1, 0.15) is 0 Å². The molecule has 0 spiro atoms. The molecular weight excluding hydrogens is 293 g/mol. The number of β-amino-alcohol motifs (C(OH)–C–C–N with tert-alkyl or cyclic N) is 1. The molecule has 0 aromatic heterocycles. The normalized spacial score (nSPS) is 23.3. The van der Waals surface area contributed by atoms with E-state index in [0.717, 1.165) is 11.0 Å². The van der Waals surface area contributed by atoms with Gasteiger partial charge in [0.05, 0.1) is 17.3 Å². The predicted molar refractivity (Wildman–Crippen MR) is 88.6 cm³/mol. The number of amides is 1. The first-order chi connectivity index (χ1) is 10.6. The van der Waals surface area contributed by atoms with Crippen molar-refractivity contribution in [1.29, 1.82) is 0 Å². The Balaban J connectivity index is 1.85. The van der Waals surface area contributed by atoms with Gasteiger partial charge in [0.25, 0.3) is 5.91 Å². The van der Waals surface area contributed by atoms with Gasteiger partial charge in [-0.25, -0.2) is 0 Å². The number of hydrogen-bond acceptors (Lipinski definition) is 4. The molecule has 2 aliphatic heterocycles. The third kappa shape index (κ3) is 2.79. The van der Waals surface area contributed by atoms with Crippen LogP contribution in [-0.4, -0.2) is 46.9 Å². The van der Waals surface area contributed by atoms with Crippen LogP contribution in [0.2, 0.25) is 0 Å². The Morgan fingerprint density at radius 1 is 1.26 bits per heavy atom. The fourth-order valence-corrected chi connectivity index (χ4v) is 2.97. The monoisotopic (exact) mass is 317 g/mol. The van der Waals surface area contributed by atoms with Crippen LogP contribution in [0.25, 0.3) is 0 Å². The van der Waals surface area contributed by atoms with Crippen LogP contribution in [0.1, 0.15) is 50.5 Å². The van der Waals surface area contributed by atoms with E-state index in [4.69, 9.17) is 9.31 Å². The zero-order valence-corrected chi connectivity index (χ0v) is 14.4. The maximum Gasteiger partial charge on any atom is 0.494 e. The lowest BCUT2D eigenvalue weighted by Gasteiger charge is -2.32. The zero-order valence-electron chi connectivity index (χ0n) is 14.4. The van der Waals surface area contributed by atoms with Gasteiger partial charge in [-0.1, -0.05) is 12.1 Å². The highest BCUT2D eigenvalue weighted by Gasteiger charge is 2.51. The number of aliphatic hydroxyl groups excluding tert-OH is 1. The van der Waals surface area contributed by atoms with Gasteiger partial charge in [0.15, 0.2) is 0 Å². The summed E-state index contributed by atoms with van der Waals surface area (Å²) in [6.07, 6.45) is -0.532.